The first kappa shape index (κ1) is 12.4. The van der Waals surface area contributed by atoms with Gasteiger partial charge in [0, 0.05) is 30.4 Å². The van der Waals surface area contributed by atoms with E-state index in [1.807, 2.05) is 0 Å². The van der Waals surface area contributed by atoms with Crippen LogP contribution in [0, 0.1) is 5.92 Å². The molecule has 0 spiro atoms. The lowest BCUT2D eigenvalue weighted by Crippen LogP contribution is -2.42. The third-order valence-corrected chi connectivity index (χ3v) is 4.04. The molecule has 6 heteroatoms. The Balaban J connectivity index is 1.71. The van der Waals surface area contributed by atoms with E-state index in [1.54, 1.807) is 6.20 Å². The second kappa shape index (κ2) is 5.14. The predicted octanol–water partition coefficient (Wildman–Crippen LogP) is 0.349. The van der Waals surface area contributed by atoms with E-state index >= 15 is 0 Å². The molecule has 3 unspecified atom stereocenters. The van der Waals surface area contributed by atoms with Crippen LogP contribution in [0.4, 0.5) is 5.69 Å². The second-order valence-electron chi connectivity index (χ2n) is 5.23. The molecule has 3 atom stereocenters. The lowest BCUT2D eigenvalue weighted by Gasteiger charge is -2.26. The zero-order valence-corrected chi connectivity index (χ0v) is 10.6. The quantitative estimate of drug-likeness (QED) is 0.619. The van der Waals surface area contributed by atoms with E-state index in [-0.39, 0.29) is 17.4 Å². The van der Waals surface area contributed by atoms with Crippen LogP contribution in [-0.2, 0) is 4.79 Å². The molecule has 3 rings (SSSR count). The fourth-order valence-electron chi connectivity index (χ4n) is 3.03. The van der Waals surface area contributed by atoms with Crippen LogP contribution in [0.1, 0.15) is 25.7 Å². The molecule has 2 aliphatic rings. The van der Waals surface area contributed by atoms with Crippen LogP contribution in [-0.4, -0.2) is 23.0 Å². The smallest absolute Gasteiger partial charge is 0.243 e. The van der Waals surface area contributed by atoms with Crippen molar-refractivity contribution in [2.24, 2.45) is 5.92 Å². The highest BCUT2D eigenvalue weighted by molar-refractivity contribution is 5.95. The maximum atomic E-state index is 12.3. The summed E-state index contributed by atoms with van der Waals surface area (Å²) in [5.74, 6) is 0.176. The highest BCUT2D eigenvalue weighted by Gasteiger charge is 2.41. The molecule has 19 heavy (non-hydrogen) atoms. The van der Waals surface area contributed by atoms with Gasteiger partial charge in [0.15, 0.2) is 0 Å². The van der Waals surface area contributed by atoms with Crippen LogP contribution in [0.15, 0.2) is 23.3 Å². The van der Waals surface area contributed by atoms with Gasteiger partial charge in [0.25, 0.3) is 0 Å². The summed E-state index contributed by atoms with van der Waals surface area (Å²) in [6.45, 7) is 0. The van der Waals surface area contributed by atoms with E-state index in [0.29, 0.717) is 17.6 Å². The Bertz CT molecular complexity index is 527. The first-order valence-electron chi connectivity index (χ1n) is 6.75. The van der Waals surface area contributed by atoms with E-state index < -0.39 is 0 Å². The Morgan fingerprint density at radius 3 is 2.95 bits per heavy atom. The second-order valence-corrected chi connectivity index (χ2v) is 5.23. The molecule has 1 aromatic heterocycles. The Kier molecular flexibility index (Phi) is 3.35. The van der Waals surface area contributed by atoms with E-state index in [9.17, 15) is 9.59 Å². The average molecular weight is 262 g/mol. The standard InChI is InChI=1S/C13H18N4O2/c18-11-5-6-14-7-10(11)15-13(19)12-8-3-1-2-4-9(8)16-17-12/h5-9,12,16-17H,1-4H2,(H,14,18)(H,15,19). The lowest BCUT2D eigenvalue weighted by atomic mass is 9.81. The number of rotatable bonds is 2. The first-order chi connectivity index (χ1) is 9.25. The maximum absolute atomic E-state index is 12.3. The molecule has 2 fully saturated rings. The van der Waals surface area contributed by atoms with Crippen molar-refractivity contribution in [1.29, 1.82) is 0 Å². The number of anilines is 1. The number of hydrogen-bond acceptors (Lipinski definition) is 4. The molecule has 6 nitrogen and oxygen atoms in total. The summed E-state index contributed by atoms with van der Waals surface area (Å²) in [5.41, 5.74) is 6.37. The average Bonchev–Trinajstić information content (AvgIpc) is 2.85. The van der Waals surface area contributed by atoms with Crippen molar-refractivity contribution in [1.82, 2.24) is 15.8 Å². The molecule has 1 amide bonds. The number of aromatic nitrogens is 1. The molecular formula is C13H18N4O2. The zero-order valence-electron chi connectivity index (χ0n) is 10.6. The minimum Gasteiger partial charge on any atom is -0.366 e. The number of H-pyrrole nitrogens is 1. The molecule has 102 valence electrons. The normalized spacial score (nSPS) is 29.8. The molecule has 1 saturated heterocycles. The summed E-state index contributed by atoms with van der Waals surface area (Å²) in [5, 5.41) is 2.70. The van der Waals surface area contributed by atoms with Gasteiger partial charge in [-0.25, -0.2) is 5.43 Å². The number of carbonyl (C=O) groups is 1. The van der Waals surface area contributed by atoms with Gasteiger partial charge in [-0.1, -0.05) is 12.8 Å². The predicted molar refractivity (Wildman–Crippen MR) is 71.5 cm³/mol. The van der Waals surface area contributed by atoms with Crippen LogP contribution in [0.5, 0.6) is 0 Å². The number of amides is 1. The van der Waals surface area contributed by atoms with E-state index in [2.05, 4.69) is 21.2 Å². The summed E-state index contributed by atoms with van der Waals surface area (Å²) < 4.78 is 0. The van der Waals surface area contributed by atoms with Crippen LogP contribution in [0.25, 0.3) is 0 Å². The molecule has 1 aliphatic heterocycles. The van der Waals surface area contributed by atoms with Gasteiger partial charge in [0.2, 0.25) is 11.3 Å². The fourth-order valence-corrected chi connectivity index (χ4v) is 3.03. The first-order valence-corrected chi connectivity index (χ1v) is 6.75. The molecule has 1 saturated carbocycles. The van der Waals surface area contributed by atoms with Gasteiger partial charge >= 0.3 is 0 Å². The summed E-state index contributed by atoms with van der Waals surface area (Å²) >= 11 is 0. The van der Waals surface area contributed by atoms with Crippen LogP contribution in [0.3, 0.4) is 0 Å². The molecule has 2 heterocycles. The van der Waals surface area contributed by atoms with E-state index in [4.69, 9.17) is 0 Å². The third kappa shape index (κ3) is 2.41. The van der Waals surface area contributed by atoms with Crippen LogP contribution >= 0.6 is 0 Å². The Hall–Kier alpha value is -1.66. The van der Waals surface area contributed by atoms with Crippen molar-refractivity contribution in [3.63, 3.8) is 0 Å². The van der Waals surface area contributed by atoms with Crippen molar-refractivity contribution < 1.29 is 4.79 Å². The Morgan fingerprint density at radius 1 is 1.26 bits per heavy atom. The molecular weight excluding hydrogens is 244 g/mol. The van der Waals surface area contributed by atoms with Gasteiger partial charge in [0.1, 0.15) is 11.7 Å². The number of hydrogen-bond donors (Lipinski definition) is 4. The zero-order chi connectivity index (χ0) is 13.2. The summed E-state index contributed by atoms with van der Waals surface area (Å²) in [6.07, 6.45) is 7.59. The Labute approximate surface area is 111 Å². The van der Waals surface area contributed by atoms with Crippen LogP contribution < -0.4 is 21.6 Å². The monoisotopic (exact) mass is 262 g/mol. The maximum Gasteiger partial charge on any atom is 0.243 e. The van der Waals surface area contributed by atoms with E-state index in [0.717, 1.165) is 12.8 Å². The molecule has 0 radical (unpaired) electrons. The SMILES string of the molecule is O=C(Nc1c[nH]ccc1=O)C1NNC2CCCCC21. The van der Waals surface area contributed by atoms with Gasteiger partial charge in [-0.05, 0) is 12.8 Å². The Morgan fingerprint density at radius 2 is 2.11 bits per heavy atom. The molecule has 1 aliphatic carbocycles. The summed E-state index contributed by atoms with van der Waals surface area (Å²) in [6, 6.07) is 1.52. The summed E-state index contributed by atoms with van der Waals surface area (Å²) in [7, 11) is 0. The largest absolute Gasteiger partial charge is 0.366 e. The number of carbonyl (C=O) groups excluding carboxylic acids is 1. The van der Waals surface area contributed by atoms with Crippen molar-refractivity contribution in [3.05, 3.63) is 28.7 Å². The number of pyridine rings is 1. The molecule has 4 N–H and O–H groups in total. The van der Waals surface area contributed by atoms with Crippen LogP contribution in [0.2, 0.25) is 0 Å². The summed E-state index contributed by atoms with van der Waals surface area (Å²) in [4.78, 5) is 26.6. The number of fused-ring (bicyclic) bond motifs is 1. The number of nitrogens with one attached hydrogen (secondary N) is 4. The van der Waals surface area contributed by atoms with E-state index in [1.165, 1.54) is 25.1 Å². The van der Waals surface area contributed by atoms with Gasteiger partial charge in [-0.3, -0.25) is 15.0 Å². The third-order valence-electron chi connectivity index (χ3n) is 4.04. The van der Waals surface area contributed by atoms with Crippen molar-refractivity contribution in [2.45, 2.75) is 37.8 Å². The highest BCUT2D eigenvalue weighted by atomic mass is 16.2. The number of hydrazine groups is 1. The minimum absolute atomic E-state index is 0.140. The van der Waals surface area contributed by atoms with Gasteiger partial charge in [0.05, 0.1) is 0 Å². The van der Waals surface area contributed by atoms with Gasteiger partial charge in [-0.2, -0.15) is 0 Å². The van der Waals surface area contributed by atoms with Crippen molar-refractivity contribution in [3.8, 4) is 0 Å². The topological polar surface area (TPSA) is 86.0 Å². The van der Waals surface area contributed by atoms with Crippen molar-refractivity contribution in [2.75, 3.05) is 5.32 Å². The molecule has 0 bridgehead atoms. The fraction of sp³-hybridized carbons (Fsp3) is 0.538. The van der Waals surface area contributed by atoms with Gasteiger partial charge in [-0.15, -0.1) is 0 Å². The van der Waals surface area contributed by atoms with Crippen molar-refractivity contribution >= 4 is 11.6 Å². The molecule has 0 aromatic carbocycles. The molecule has 1 aromatic rings. The van der Waals surface area contributed by atoms with Gasteiger partial charge < -0.3 is 10.3 Å². The highest BCUT2D eigenvalue weighted by Crippen LogP contribution is 2.30. The lowest BCUT2D eigenvalue weighted by molar-refractivity contribution is -0.118. The minimum atomic E-state index is -0.259. The number of aromatic amines is 1.